The molecule has 3 aromatic rings. The van der Waals surface area contributed by atoms with E-state index in [4.69, 9.17) is 0 Å². The second-order valence-corrected chi connectivity index (χ2v) is 4.45. The van der Waals surface area contributed by atoms with Gasteiger partial charge in [-0.1, -0.05) is 29.8 Å². The van der Waals surface area contributed by atoms with Gasteiger partial charge in [0.05, 0.1) is 11.2 Å². The maximum Gasteiger partial charge on any atom is 0.1000 e. The largest absolute Gasteiger partial charge is 0.388 e. The second-order valence-electron chi connectivity index (χ2n) is 4.45. The Bertz CT molecular complexity index is 681. The smallest absolute Gasteiger partial charge is 0.1000 e. The fraction of sp³-hybridized carbons (Fsp3) is 0.133. The van der Waals surface area contributed by atoms with Gasteiger partial charge in [-0.25, -0.2) is 0 Å². The molecule has 1 heterocycles. The minimum atomic E-state index is 1.00. The van der Waals surface area contributed by atoms with Crippen LogP contribution in [0.15, 0.2) is 42.5 Å². The van der Waals surface area contributed by atoms with Crippen LogP contribution < -0.4 is 5.32 Å². The van der Waals surface area contributed by atoms with Gasteiger partial charge in [0.1, 0.15) is 0 Å². The number of anilines is 1. The molecule has 3 rings (SSSR count). The van der Waals surface area contributed by atoms with Gasteiger partial charge in [0.25, 0.3) is 0 Å². The number of aromatic amines is 1. The highest BCUT2D eigenvalue weighted by Gasteiger charge is 2.08. The topological polar surface area (TPSA) is 40.7 Å². The standard InChI is InChI=1S/C15H15N3/c1-10-3-5-11(6-4-10)15-13-9-12(16-2)7-8-14(13)17-18-15/h3-9,16H,1-2H3,(H,17,18). The Morgan fingerprint density at radius 1 is 1.06 bits per heavy atom. The zero-order chi connectivity index (χ0) is 12.5. The third kappa shape index (κ3) is 1.74. The molecule has 2 aromatic carbocycles. The number of aromatic nitrogens is 2. The summed E-state index contributed by atoms with van der Waals surface area (Å²) in [5, 5.41) is 11.8. The third-order valence-corrected chi connectivity index (χ3v) is 3.18. The van der Waals surface area contributed by atoms with E-state index < -0.39 is 0 Å². The lowest BCUT2D eigenvalue weighted by Gasteiger charge is -2.01. The van der Waals surface area contributed by atoms with Gasteiger partial charge < -0.3 is 5.32 Å². The Labute approximate surface area is 106 Å². The van der Waals surface area contributed by atoms with Crippen molar-refractivity contribution in [3.05, 3.63) is 48.0 Å². The van der Waals surface area contributed by atoms with Crippen molar-refractivity contribution in [3.63, 3.8) is 0 Å². The number of hydrogen-bond acceptors (Lipinski definition) is 2. The molecule has 0 saturated carbocycles. The molecule has 2 N–H and O–H groups in total. The average molecular weight is 237 g/mol. The monoisotopic (exact) mass is 237 g/mol. The van der Waals surface area contributed by atoms with Crippen molar-refractivity contribution in [1.82, 2.24) is 10.2 Å². The zero-order valence-corrected chi connectivity index (χ0v) is 10.5. The van der Waals surface area contributed by atoms with Crippen LogP contribution in [0.3, 0.4) is 0 Å². The molecule has 90 valence electrons. The summed E-state index contributed by atoms with van der Waals surface area (Å²) in [6, 6.07) is 14.6. The van der Waals surface area contributed by atoms with Crippen molar-refractivity contribution in [2.75, 3.05) is 12.4 Å². The van der Waals surface area contributed by atoms with Gasteiger partial charge >= 0.3 is 0 Å². The van der Waals surface area contributed by atoms with Gasteiger partial charge in [0.15, 0.2) is 0 Å². The number of nitrogens with one attached hydrogen (secondary N) is 2. The first-order valence-electron chi connectivity index (χ1n) is 6.01. The molecule has 0 aliphatic carbocycles. The first-order chi connectivity index (χ1) is 8.78. The van der Waals surface area contributed by atoms with E-state index >= 15 is 0 Å². The lowest BCUT2D eigenvalue weighted by Crippen LogP contribution is -1.86. The normalized spacial score (nSPS) is 10.8. The Morgan fingerprint density at radius 2 is 1.83 bits per heavy atom. The summed E-state index contributed by atoms with van der Waals surface area (Å²) in [7, 11) is 1.92. The maximum absolute atomic E-state index is 4.42. The van der Waals surface area contributed by atoms with Crippen LogP contribution in [-0.2, 0) is 0 Å². The van der Waals surface area contributed by atoms with Gasteiger partial charge in [-0.15, -0.1) is 0 Å². The maximum atomic E-state index is 4.42. The number of benzene rings is 2. The molecule has 3 nitrogen and oxygen atoms in total. The highest BCUT2D eigenvalue weighted by Crippen LogP contribution is 2.28. The summed E-state index contributed by atoms with van der Waals surface area (Å²) < 4.78 is 0. The molecular weight excluding hydrogens is 222 g/mol. The number of H-pyrrole nitrogens is 1. The predicted octanol–water partition coefficient (Wildman–Crippen LogP) is 3.58. The molecule has 0 radical (unpaired) electrons. The fourth-order valence-electron chi connectivity index (χ4n) is 2.10. The molecule has 0 spiro atoms. The van der Waals surface area contributed by atoms with E-state index in [1.54, 1.807) is 0 Å². The van der Waals surface area contributed by atoms with Crippen molar-refractivity contribution in [2.45, 2.75) is 6.92 Å². The molecule has 0 bridgehead atoms. The first-order valence-corrected chi connectivity index (χ1v) is 6.01. The lowest BCUT2D eigenvalue weighted by molar-refractivity contribution is 1.12. The molecule has 0 fully saturated rings. The van der Waals surface area contributed by atoms with Gasteiger partial charge in [0, 0.05) is 23.7 Å². The van der Waals surface area contributed by atoms with Gasteiger partial charge in [0.2, 0.25) is 0 Å². The van der Waals surface area contributed by atoms with Gasteiger partial charge in [-0.05, 0) is 25.1 Å². The highest BCUT2D eigenvalue weighted by atomic mass is 15.1. The Morgan fingerprint density at radius 3 is 2.56 bits per heavy atom. The summed E-state index contributed by atoms with van der Waals surface area (Å²) in [5.41, 5.74) is 5.55. The zero-order valence-electron chi connectivity index (χ0n) is 10.5. The number of rotatable bonds is 2. The minimum Gasteiger partial charge on any atom is -0.388 e. The molecule has 0 unspecified atom stereocenters. The van der Waals surface area contributed by atoms with Crippen molar-refractivity contribution >= 4 is 16.6 Å². The molecule has 1 aromatic heterocycles. The van der Waals surface area contributed by atoms with E-state index in [0.29, 0.717) is 0 Å². The van der Waals surface area contributed by atoms with E-state index in [0.717, 1.165) is 27.8 Å². The minimum absolute atomic E-state index is 1.00. The number of hydrogen-bond donors (Lipinski definition) is 2. The van der Waals surface area contributed by atoms with Crippen LogP contribution in [0.4, 0.5) is 5.69 Å². The van der Waals surface area contributed by atoms with Crippen molar-refractivity contribution in [1.29, 1.82) is 0 Å². The first kappa shape index (κ1) is 10.8. The van der Waals surface area contributed by atoms with Crippen molar-refractivity contribution < 1.29 is 0 Å². The van der Waals surface area contributed by atoms with Crippen LogP contribution in [0.25, 0.3) is 22.2 Å². The summed E-state index contributed by atoms with van der Waals surface area (Å²) in [5.74, 6) is 0. The van der Waals surface area contributed by atoms with Crippen LogP contribution in [0, 0.1) is 6.92 Å². The van der Waals surface area contributed by atoms with E-state index in [1.807, 2.05) is 19.2 Å². The number of aryl methyl sites for hydroxylation is 1. The summed E-state index contributed by atoms with van der Waals surface area (Å²) in [6.07, 6.45) is 0. The molecular formula is C15H15N3. The summed E-state index contributed by atoms with van der Waals surface area (Å²) in [6.45, 7) is 2.09. The van der Waals surface area contributed by atoms with Crippen LogP contribution in [0.5, 0.6) is 0 Å². The quantitative estimate of drug-likeness (QED) is 0.715. The molecule has 0 atom stereocenters. The molecule has 0 amide bonds. The van der Waals surface area contributed by atoms with Crippen LogP contribution in [0.1, 0.15) is 5.56 Å². The van der Waals surface area contributed by atoms with E-state index in [9.17, 15) is 0 Å². The fourth-order valence-corrected chi connectivity index (χ4v) is 2.10. The summed E-state index contributed by atoms with van der Waals surface area (Å²) >= 11 is 0. The molecule has 0 aliphatic rings. The number of nitrogens with zero attached hydrogens (tertiary/aromatic N) is 1. The van der Waals surface area contributed by atoms with E-state index in [-0.39, 0.29) is 0 Å². The van der Waals surface area contributed by atoms with Gasteiger partial charge in [-0.2, -0.15) is 5.10 Å². The second kappa shape index (κ2) is 4.18. The predicted molar refractivity (Wildman–Crippen MR) is 75.8 cm³/mol. The van der Waals surface area contributed by atoms with Crippen molar-refractivity contribution in [2.24, 2.45) is 0 Å². The average Bonchev–Trinajstić information content (AvgIpc) is 2.82. The van der Waals surface area contributed by atoms with Crippen molar-refractivity contribution in [3.8, 4) is 11.3 Å². The molecule has 3 heteroatoms. The molecule has 0 aliphatic heterocycles. The van der Waals surface area contributed by atoms with Crippen LogP contribution >= 0.6 is 0 Å². The van der Waals surface area contributed by atoms with E-state index in [1.165, 1.54) is 5.56 Å². The van der Waals surface area contributed by atoms with Crippen LogP contribution in [-0.4, -0.2) is 17.2 Å². The summed E-state index contributed by atoms with van der Waals surface area (Å²) in [4.78, 5) is 0. The number of fused-ring (bicyclic) bond motifs is 1. The van der Waals surface area contributed by atoms with E-state index in [2.05, 4.69) is 52.8 Å². The Kier molecular flexibility index (Phi) is 2.52. The van der Waals surface area contributed by atoms with Gasteiger partial charge in [-0.3, -0.25) is 5.10 Å². The molecule has 0 saturated heterocycles. The third-order valence-electron chi connectivity index (χ3n) is 3.18. The molecule has 18 heavy (non-hydrogen) atoms. The lowest BCUT2D eigenvalue weighted by atomic mass is 10.1. The SMILES string of the molecule is CNc1ccc2[nH]nc(-c3ccc(C)cc3)c2c1. The Hall–Kier alpha value is -2.29. The highest BCUT2D eigenvalue weighted by molar-refractivity contribution is 5.94. The van der Waals surface area contributed by atoms with Crippen LogP contribution in [0.2, 0.25) is 0 Å². The Balaban J connectivity index is 2.19.